The quantitative estimate of drug-likeness (QED) is 0.584. The van der Waals surface area contributed by atoms with Crippen LogP contribution < -0.4 is 16.4 Å². The number of nitrogens with two attached hydrogens (primary N) is 1. The zero-order valence-electron chi connectivity index (χ0n) is 8.81. The van der Waals surface area contributed by atoms with Gasteiger partial charge in [-0.1, -0.05) is 0 Å². The average Bonchev–Trinajstić information content (AvgIpc) is 2.19. The van der Waals surface area contributed by atoms with Crippen molar-refractivity contribution in [2.24, 2.45) is 0 Å². The van der Waals surface area contributed by atoms with E-state index in [2.05, 4.69) is 26.6 Å². The molecule has 0 saturated heterocycles. The van der Waals surface area contributed by atoms with Crippen molar-refractivity contribution < 1.29 is 9.18 Å². The van der Waals surface area contributed by atoms with Crippen molar-refractivity contribution in [3.05, 3.63) is 22.4 Å². The van der Waals surface area contributed by atoms with Gasteiger partial charge in [0, 0.05) is 26.1 Å². The number of nitrogens with one attached hydrogen (secondary N) is 2. The highest BCUT2D eigenvalue weighted by atomic mass is 79.9. The lowest BCUT2D eigenvalue weighted by Crippen LogP contribution is -2.26. The Morgan fingerprint density at radius 2 is 2.19 bits per heavy atom. The molecule has 16 heavy (non-hydrogen) atoms. The maximum absolute atomic E-state index is 13.0. The van der Waals surface area contributed by atoms with E-state index in [4.69, 9.17) is 5.73 Å². The van der Waals surface area contributed by atoms with Gasteiger partial charge in [0.15, 0.2) is 0 Å². The lowest BCUT2D eigenvalue weighted by molar-refractivity contribution is -0.118. The minimum absolute atomic E-state index is 0.0879. The number of hydrogen-bond donors (Lipinski definition) is 3. The van der Waals surface area contributed by atoms with E-state index in [0.29, 0.717) is 28.9 Å². The molecule has 0 atom stereocenters. The fraction of sp³-hybridized carbons (Fsp3) is 0.300. The molecule has 4 nitrogen and oxygen atoms in total. The summed E-state index contributed by atoms with van der Waals surface area (Å²) in [6.07, 6.45) is 0. The Balaban J connectivity index is 2.54. The second kappa shape index (κ2) is 5.69. The van der Waals surface area contributed by atoms with Gasteiger partial charge in [0.05, 0.1) is 15.8 Å². The molecule has 0 unspecified atom stereocenters. The van der Waals surface area contributed by atoms with E-state index >= 15 is 0 Å². The molecule has 0 heterocycles. The van der Waals surface area contributed by atoms with E-state index in [-0.39, 0.29) is 5.91 Å². The highest BCUT2D eigenvalue weighted by Gasteiger charge is 2.05. The van der Waals surface area contributed by atoms with Crippen molar-refractivity contribution >= 4 is 33.2 Å². The molecule has 0 fully saturated rings. The average molecular weight is 290 g/mol. The molecule has 0 aromatic heterocycles. The third-order valence-electron chi connectivity index (χ3n) is 1.91. The fourth-order valence-electron chi connectivity index (χ4n) is 1.15. The maximum Gasteiger partial charge on any atom is 0.216 e. The van der Waals surface area contributed by atoms with E-state index in [1.165, 1.54) is 13.0 Å². The highest BCUT2D eigenvalue weighted by Crippen LogP contribution is 2.26. The molecule has 1 rings (SSSR count). The van der Waals surface area contributed by atoms with Crippen molar-refractivity contribution in [1.82, 2.24) is 5.32 Å². The SMILES string of the molecule is CC(=O)NCCNc1cc(Br)c(F)cc1N. The molecule has 0 spiro atoms. The zero-order valence-corrected chi connectivity index (χ0v) is 10.4. The molecule has 0 aliphatic carbocycles. The predicted octanol–water partition coefficient (Wildman–Crippen LogP) is 1.72. The lowest BCUT2D eigenvalue weighted by atomic mass is 10.2. The van der Waals surface area contributed by atoms with Crippen LogP contribution >= 0.6 is 15.9 Å². The molecule has 0 saturated carbocycles. The normalized spacial score (nSPS) is 9.94. The molecule has 88 valence electrons. The van der Waals surface area contributed by atoms with E-state index in [1.54, 1.807) is 6.07 Å². The summed E-state index contributed by atoms with van der Waals surface area (Å²) in [6, 6.07) is 2.81. The number of carbonyl (C=O) groups is 1. The minimum atomic E-state index is -0.398. The molecular formula is C10H13BrFN3O. The first-order valence-electron chi connectivity index (χ1n) is 4.73. The number of halogens is 2. The monoisotopic (exact) mass is 289 g/mol. The van der Waals surface area contributed by atoms with E-state index < -0.39 is 5.82 Å². The molecule has 1 amide bonds. The first kappa shape index (κ1) is 12.8. The van der Waals surface area contributed by atoms with Gasteiger partial charge in [0.25, 0.3) is 0 Å². The summed E-state index contributed by atoms with van der Waals surface area (Å²) in [5.41, 5.74) is 6.60. The number of hydrogen-bond acceptors (Lipinski definition) is 3. The van der Waals surface area contributed by atoms with Crippen LogP contribution in [0.15, 0.2) is 16.6 Å². The summed E-state index contributed by atoms with van der Waals surface area (Å²) in [6.45, 7) is 2.47. The van der Waals surface area contributed by atoms with Crippen LogP contribution in [0.1, 0.15) is 6.92 Å². The van der Waals surface area contributed by atoms with Crippen LogP contribution in [-0.2, 0) is 4.79 Å². The van der Waals surface area contributed by atoms with Crippen LogP contribution in [0, 0.1) is 5.82 Å². The number of nitrogen functional groups attached to an aromatic ring is 1. The minimum Gasteiger partial charge on any atom is -0.397 e. The van der Waals surface area contributed by atoms with Gasteiger partial charge in [-0.15, -0.1) is 0 Å². The van der Waals surface area contributed by atoms with Crippen LogP contribution in [0.3, 0.4) is 0 Å². The molecular weight excluding hydrogens is 277 g/mol. The summed E-state index contributed by atoms with van der Waals surface area (Å²) >= 11 is 3.07. The standard InChI is InChI=1S/C10H13BrFN3O/c1-6(16)14-2-3-15-10-4-7(11)8(12)5-9(10)13/h4-5,15H,2-3,13H2,1H3,(H,14,16). The van der Waals surface area contributed by atoms with Crippen LogP contribution in [0.5, 0.6) is 0 Å². The van der Waals surface area contributed by atoms with Gasteiger partial charge in [-0.2, -0.15) is 0 Å². The van der Waals surface area contributed by atoms with Gasteiger partial charge < -0.3 is 16.4 Å². The molecule has 0 radical (unpaired) electrons. The summed E-state index contributed by atoms with van der Waals surface area (Å²) in [4.78, 5) is 10.6. The molecule has 0 aliphatic heterocycles. The number of benzene rings is 1. The summed E-state index contributed by atoms with van der Waals surface area (Å²) in [7, 11) is 0. The van der Waals surface area contributed by atoms with Crippen molar-refractivity contribution in [2.75, 3.05) is 24.1 Å². The molecule has 6 heteroatoms. The van der Waals surface area contributed by atoms with Crippen LogP contribution in [0.2, 0.25) is 0 Å². The predicted molar refractivity (Wildman–Crippen MR) is 65.7 cm³/mol. The Kier molecular flexibility index (Phi) is 4.54. The molecule has 1 aromatic carbocycles. The highest BCUT2D eigenvalue weighted by molar-refractivity contribution is 9.10. The topological polar surface area (TPSA) is 67.2 Å². The zero-order chi connectivity index (χ0) is 12.1. The summed E-state index contributed by atoms with van der Waals surface area (Å²) < 4.78 is 13.4. The van der Waals surface area contributed by atoms with Gasteiger partial charge >= 0.3 is 0 Å². The number of carbonyl (C=O) groups excluding carboxylic acids is 1. The Hall–Kier alpha value is -1.30. The first-order valence-corrected chi connectivity index (χ1v) is 5.53. The van der Waals surface area contributed by atoms with Crippen molar-refractivity contribution in [1.29, 1.82) is 0 Å². The third kappa shape index (κ3) is 3.69. The molecule has 4 N–H and O–H groups in total. The van der Waals surface area contributed by atoms with E-state index in [0.717, 1.165) is 0 Å². The maximum atomic E-state index is 13.0. The lowest BCUT2D eigenvalue weighted by Gasteiger charge is -2.10. The van der Waals surface area contributed by atoms with Gasteiger partial charge in [-0.05, 0) is 22.0 Å². The van der Waals surface area contributed by atoms with Crippen molar-refractivity contribution in [2.45, 2.75) is 6.92 Å². The van der Waals surface area contributed by atoms with Gasteiger partial charge in [-0.25, -0.2) is 4.39 Å². The van der Waals surface area contributed by atoms with E-state index in [9.17, 15) is 9.18 Å². The Morgan fingerprint density at radius 1 is 1.50 bits per heavy atom. The molecule has 1 aromatic rings. The molecule has 0 bridgehead atoms. The summed E-state index contributed by atoms with van der Waals surface area (Å²) in [5.74, 6) is -0.486. The number of rotatable bonds is 4. The van der Waals surface area contributed by atoms with Crippen molar-refractivity contribution in [3.63, 3.8) is 0 Å². The van der Waals surface area contributed by atoms with Gasteiger partial charge in [-0.3, -0.25) is 4.79 Å². The fourth-order valence-corrected chi connectivity index (χ4v) is 1.49. The first-order chi connectivity index (χ1) is 7.50. The third-order valence-corrected chi connectivity index (χ3v) is 2.51. The number of amides is 1. The number of anilines is 2. The van der Waals surface area contributed by atoms with Crippen LogP contribution in [0.25, 0.3) is 0 Å². The Labute approximate surface area is 102 Å². The largest absolute Gasteiger partial charge is 0.397 e. The van der Waals surface area contributed by atoms with Gasteiger partial charge in [0.2, 0.25) is 5.91 Å². The second-order valence-corrected chi connectivity index (χ2v) is 4.12. The van der Waals surface area contributed by atoms with Crippen LogP contribution in [0.4, 0.5) is 15.8 Å². The Morgan fingerprint density at radius 3 is 2.81 bits per heavy atom. The second-order valence-electron chi connectivity index (χ2n) is 3.26. The van der Waals surface area contributed by atoms with Crippen molar-refractivity contribution in [3.8, 4) is 0 Å². The van der Waals surface area contributed by atoms with Crippen LogP contribution in [-0.4, -0.2) is 19.0 Å². The van der Waals surface area contributed by atoms with Gasteiger partial charge in [0.1, 0.15) is 5.82 Å². The summed E-state index contributed by atoms with van der Waals surface area (Å²) in [5, 5.41) is 5.63. The Bertz CT molecular complexity index is 398. The smallest absolute Gasteiger partial charge is 0.216 e. The van der Waals surface area contributed by atoms with E-state index in [1.807, 2.05) is 0 Å². The molecule has 0 aliphatic rings.